The molecule has 9 heavy (non-hydrogen) atoms. The minimum absolute atomic E-state index is 0.481. The van der Waals surface area contributed by atoms with Crippen molar-refractivity contribution in [1.82, 2.24) is 5.16 Å². The maximum atomic E-state index is 10.6. The first-order chi connectivity index (χ1) is 4.38. The number of nitrogens with zero attached hydrogens (tertiary/aromatic N) is 2. The average Bonchev–Trinajstić information content (AvgIpc) is 2.35. The monoisotopic (exact) mass is 144 g/mol. The molecule has 2 rings (SSSR count). The lowest BCUT2D eigenvalue weighted by atomic mass is 10.4. The fourth-order valence-corrected chi connectivity index (χ4v) is 1.72. The predicted molar refractivity (Wildman–Crippen MR) is 29.9 cm³/mol. The van der Waals surface area contributed by atoms with Crippen LogP contribution in [0.3, 0.4) is 0 Å². The van der Waals surface area contributed by atoms with Gasteiger partial charge in [0.2, 0.25) is 5.69 Å². The first-order valence-electron chi connectivity index (χ1n) is 2.59. The van der Waals surface area contributed by atoms with Crippen molar-refractivity contribution >= 4 is 11.8 Å². The van der Waals surface area contributed by atoms with Crippen LogP contribution in [0.25, 0.3) is 0 Å². The van der Waals surface area contributed by atoms with Crippen molar-refractivity contribution in [3.8, 4) is 0 Å². The van der Waals surface area contributed by atoms with Crippen LogP contribution in [0.15, 0.2) is 9.65 Å². The fraction of sp³-hybridized carbons (Fsp3) is 0.500. The highest BCUT2D eigenvalue weighted by atomic mass is 32.2. The van der Waals surface area contributed by atoms with E-state index < -0.39 is 0 Å². The van der Waals surface area contributed by atoms with Gasteiger partial charge in [-0.25, -0.2) is 0 Å². The van der Waals surface area contributed by atoms with Gasteiger partial charge in [-0.05, 0) is 4.90 Å². The predicted octanol–water partition coefficient (Wildman–Crippen LogP) is -0.0438. The summed E-state index contributed by atoms with van der Waals surface area (Å²) in [7, 11) is 0. The van der Waals surface area contributed by atoms with Gasteiger partial charge in [0.05, 0.1) is 5.16 Å². The molecule has 0 bridgehead atoms. The summed E-state index contributed by atoms with van der Waals surface area (Å²) >= 11 is 1.56. The molecule has 1 aromatic rings. The molecule has 1 aromatic heterocycles. The van der Waals surface area contributed by atoms with Crippen molar-refractivity contribution in [2.75, 3.05) is 5.75 Å². The number of aromatic nitrogens is 2. The van der Waals surface area contributed by atoms with E-state index in [0.717, 1.165) is 17.2 Å². The Hall–Kier alpha value is -0.710. The molecule has 48 valence electrons. The van der Waals surface area contributed by atoms with E-state index in [4.69, 9.17) is 0 Å². The zero-order valence-corrected chi connectivity index (χ0v) is 5.35. The minimum Gasteiger partial charge on any atom is -0.359 e. The van der Waals surface area contributed by atoms with Crippen molar-refractivity contribution in [3.63, 3.8) is 0 Å². The van der Waals surface area contributed by atoms with Gasteiger partial charge in [-0.15, -0.1) is 0 Å². The zero-order valence-electron chi connectivity index (χ0n) is 4.53. The lowest BCUT2D eigenvalue weighted by molar-refractivity contribution is -0.807. The highest BCUT2D eigenvalue weighted by Gasteiger charge is 2.24. The minimum atomic E-state index is 0.481. The Morgan fingerprint density at radius 1 is 1.78 bits per heavy atom. The molecule has 0 saturated carbocycles. The van der Waals surface area contributed by atoms with Crippen LogP contribution >= 0.6 is 11.8 Å². The van der Waals surface area contributed by atoms with Crippen LogP contribution in [0.4, 0.5) is 0 Å². The Bertz CT molecular complexity index is 234. The Balaban J connectivity index is 2.56. The van der Waals surface area contributed by atoms with E-state index in [1.807, 2.05) is 0 Å². The van der Waals surface area contributed by atoms with E-state index in [2.05, 4.69) is 9.79 Å². The van der Waals surface area contributed by atoms with Gasteiger partial charge in [0.15, 0.2) is 0 Å². The largest absolute Gasteiger partial charge is 0.359 e. The van der Waals surface area contributed by atoms with E-state index in [1.54, 1.807) is 11.8 Å². The lowest BCUT2D eigenvalue weighted by Gasteiger charge is -1.84. The molecule has 0 amide bonds. The summed E-state index contributed by atoms with van der Waals surface area (Å²) in [5, 5.41) is 14.9. The second kappa shape index (κ2) is 1.63. The molecule has 4 nitrogen and oxygen atoms in total. The molecule has 0 aromatic carbocycles. The summed E-state index contributed by atoms with van der Waals surface area (Å²) in [4.78, 5) is 0.481. The summed E-state index contributed by atoms with van der Waals surface area (Å²) in [6.07, 6.45) is 0.785. The maximum Gasteiger partial charge on any atom is 0.277 e. The average molecular weight is 144 g/mol. The number of rotatable bonds is 0. The van der Waals surface area contributed by atoms with Crippen molar-refractivity contribution in [1.29, 1.82) is 0 Å². The van der Waals surface area contributed by atoms with Crippen molar-refractivity contribution in [2.45, 2.75) is 11.4 Å². The van der Waals surface area contributed by atoms with Gasteiger partial charge in [-0.1, -0.05) is 11.8 Å². The van der Waals surface area contributed by atoms with E-state index in [9.17, 15) is 5.21 Å². The summed E-state index contributed by atoms with van der Waals surface area (Å²) in [5.74, 6) is 0.955. The Kier molecular flexibility index (Phi) is 0.926. The van der Waals surface area contributed by atoms with E-state index in [-0.39, 0.29) is 0 Å². The van der Waals surface area contributed by atoms with Gasteiger partial charge in [0.25, 0.3) is 5.03 Å². The molecule has 0 aliphatic carbocycles. The SMILES string of the molecule is [O-][n+]1onc2c1CCS2. The summed E-state index contributed by atoms with van der Waals surface area (Å²) in [6, 6.07) is 0. The number of hydrogen-bond donors (Lipinski definition) is 0. The molecule has 1 aliphatic rings. The first-order valence-corrected chi connectivity index (χ1v) is 3.58. The maximum absolute atomic E-state index is 10.6. The van der Waals surface area contributed by atoms with Crippen molar-refractivity contribution in [3.05, 3.63) is 10.9 Å². The van der Waals surface area contributed by atoms with Gasteiger partial charge >= 0.3 is 0 Å². The molecule has 5 heteroatoms. The van der Waals surface area contributed by atoms with Gasteiger partial charge in [0.1, 0.15) is 0 Å². The molecule has 1 aliphatic heterocycles. The Morgan fingerprint density at radius 2 is 2.67 bits per heavy atom. The van der Waals surface area contributed by atoms with Crippen LogP contribution in [0.2, 0.25) is 0 Å². The number of thioether (sulfide) groups is 1. The van der Waals surface area contributed by atoms with Crippen molar-refractivity contribution in [2.24, 2.45) is 0 Å². The molecule has 0 saturated heterocycles. The Labute approximate surface area is 55.4 Å². The normalized spacial score (nSPS) is 16.0. The van der Waals surface area contributed by atoms with Gasteiger partial charge in [-0.3, -0.25) is 4.63 Å². The molecule has 0 spiro atoms. The standard InChI is InChI=1S/C4H4N2O2S/c7-6-3-1-2-9-4(3)5-8-6/h1-2H2. The lowest BCUT2D eigenvalue weighted by Crippen LogP contribution is -2.27. The van der Waals surface area contributed by atoms with Crippen molar-refractivity contribution < 1.29 is 9.53 Å². The fourth-order valence-electron chi connectivity index (χ4n) is 0.806. The molecule has 2 heterocycles. The van der Waals surface area contributed by atoms with Crippen LogP contribution in [0.5, 0.6) is 0 Å². The quantitative estimate of drug-likeness (QED) is 0.479. The van der Waals surface area contributed by atoms with Crippen LogP contribution in [0.1, 0.15) is 5.69 Å². The number of hydrogen-bond acceptors (Lipinski definition) is 4. The number of fused-ring (bicyclic) bond motifs is 1. The second-order valence-electron chi connectivity index (χ2n) is 1.78. The van der Waals surface area contributed by atoms with Crippen LogP contribution in [0, 0.1) is 5.21 Å². The molecule has 0 unspecified atom stereocenters. The summed E-state index contributed by atoms with van der Waals surface area (Å²) in [6.45, 7) is 0. The van der Waals surface area contributed by atoms with Gasteiger partial charge in [-0.2, -0.15) is 0 Å². The van der Waals surface area contributed by atoms with Crippen LogP contribution in [-0.4, -0.2) is 10.9 Å². The van der Waals surface area contributed by atoms with Gasteiger partial charge < -0.3 is 5.21 Å². The second-order valence-corrected chi connectivity index (χ2v) is 2.86. The van der Waals surface area contributed by atoms with Crippen LogP contribution < -0.4 is 4.90 Å². The molecule has 0 fully saturated rings. The Morgan fingerprint density at radius 3 is 3.44 bits per heavy atom. The molecular weight excluding hydrogens is 140 g/mol. The van der Waals surface area contributed by atoms with E-state index in [0.29, 0.717) is 10.6 Å². The van der Waals surface area contributed by atoms with E-state index >= 15 is 0 Å². The van der Waals surface area contributed by atoms with E-state index in [1.165, 1.54) is 0 Å². The summed E-state index contributed by atoms with van der Waals surface area (Å²) < 4.78 is 4.33. The smallest absolute Gasteiger partial charge is 0.277 e. The summed E-state index contributed by atoms with van der Waals surface area (Å²) in [5.41, 5.74) is 0.681. The molecule has 0 N–H and O–H groups in total. The third kappa shape index (κ3) is 0.610. The highest BCUT2D eigenvalue weighted by Crippen LogP contribution is 2.25. The third-order valence-corrected chi connectivity index (χ3v) is 2.23. The topological polar surface area (TPSA) is 53.0 Å². The highest BCUT2D eigenvalue weighted by molar-refractivity contribution is 7.99. The molecule has 0 radical (unpaired) electrons. The molecule has 0 atom stereocenters. The van der Waals surface area contributed by atoms with Crippen LogP contribution in [-0.2, 0) is 6.42 Å². The van der Waals surface area contributed by atoms with Gasteiger partial charge in [0, 0.05) is 12.2 Å². The molecular formula is C4H4N2O2S. The third-order valence-electron chi connectivity index (χ3n) is 1.24. The zero-order chi connectivity index (χ0) is 6.27. The first kappa shape index (κ1) is 5.10.